The van der Waals surface area contributed by atoms with Crippen LogP contribution < -0.4 is 10.6 Å². The molecule has 2 N–H and O–H groups in total. The van der Waals surface area contributed by atoms with Gasteiger partial charge in [-0.3, -0.25) is 9.59 Å². The molecular weight excluding hydrogens is 364 g/mol. The van der Waals surface area contributed by atoms with Gasteiger partial charge in [-0.15, -0.1) is 0 Å². The van der Waals surface area contributed by atoms with E-state index in [1.165, 1.54) is 0 Å². The fourth-order valence-electron chi connectivity index (χ4n) is 2.37. The number of anilines is 2. The summed E-state index contributed by atoms with van der Waals surface area (Å²) in [6.45, 7) is 3.65. The lowest BCUT2D eigenvalue weighted by molar-refractivity contribution is -0.118. The molecule has 5 nitrogen and oxygen atoms in total. The molecule has 0 bridgehead atoms. The summed E-state index contributed by atoms with van der Waals surface area (Å²) in [6.07, 6.45) is 0. The molecule has 0 unspecified atom stereocenters. The number of carbonyl (C=O) groups is 2. The Hall–Kier alpha value is -3.05. The van der Waals surface area contributed by atoms with Crippen LogP contribution in [0.2, 0.25) is 5.02 Å². The van der Waals surface area contributed by atoms with Gasteiger partial charge in [-0.2, -0.15) is 0 Å². The summed E-state index contributed by atoms with van der Waals surface area (Å²) in [6, 6.07) is 17.5. The molecule has 2 amide bonds. The van der Waals surface area contributed by atoms with Crippen molar-refractivity contribution in [2.75, 3.05) is 10.6 Å². The van der Waals surface area contributed by atoms with Gasteiger partial charge < -0.3 is 15.1 Å². The van der Waals surface area contributed by atoms with Crippen LogP contribution in [-0.2, 0) is 4.79 Å². The highest BCUT2D eigenvalue weighted by atomic mass is 35.5. The molecule has 0 saturated heterocycles. The predicted molar refractivity (Wildman–Crippen MR) is 107 cm³/mol. The lowest BCUT2D eigenvalue weighted by Gasteiger charge is -2.09. The largest absolute Gasteiger partial charge is 0.451 e. The molecule has 3 aromatic rings. The highest BCUT2D eigenvalue weighted by molar-refractivity contribution is 6.30. The number of furan rings is 1. The molecule has 0 atom stereocenters. The van der Waals surface area contributed by atoms with Crippen molar-refractivity contribution in [1.29, 1.82) is 0 Å². The van der Waals surface area contributed by atoms with Crippen molar-refractivity contribution >= 4 is 34.8 Å². The van der Waals surface area contributed by atoms with Crippen molar-refractivity contribution < 1.29 is 14.0 Å². The van der Waals surface area contributed by atoms with E-state index >= 15 is 0 Å². The van der Waals surface area contributed by atoms with Crippen LogP contribution in [0.25, 0.3) is 11.3 Å². The highest BCUT2D eigenvalue weighted by Gasteiger charge is 2.13. The van der Waals surface area contributed by atoms with Crippen LogP contribution in [0.15, 0.2) is 65.1 Å². The topological polar surface area (TPSA) is 71.3 Å². The fraction of sp³-hybridized carbons (Fsp3) is 0.143. The van der Waals surface area contributed by atoms with E-state index in [4.69, 9.17) is 16.0 Å². The van der Waals surface area contributed by atoms with Crippen LogP contribution in [0, 0.1) is 5.92 Å². The maximum absolute atomic E-state index is 12.4. The molecular formula is C21H19ClN2O3. The van der Waals surface area contributed by atoms with Crippen molar-refractivity contribution in [2.24, 2.45) is 5.92 Å². The van der Waals surface area contributed by atoms with Crippen molar-refractivity contribution in [3.8, 4) is 11.3 Å². The summed E-state index contributed by atoms with van der Waals surface area (Å²) in [4.78, 5) is 24.1. The van der Waals surface area contributed by atoms with Gasteiger partial charge in [0.2, 0.25) is 5.91 Å². The maximum atomic E-state index is 12.4. The molecule has 0 radical (unpaired) electrons. The zero-order valence-corrected chi connectivity index (χ0v) is 15.7. The van der Waals surface area contributed by atoms with Gasteiger partial charge in [0, 0.05) is 27.9 Å². The average molecular weight is 383 g/mol. The highest BCUT2D eigenvalue weighted by Crippen LogP contribution is 2.25. The Morgan fingerprint density at radius 1 is 0.926 bits per heavy atom. The standard InChI is InChI=1S/C21H19ClN2O3/c1-13(2)20(25)23-16-6-8-17(9-7-16)24-21(26)19-11-10-18(27-19)14-4-3-5-15(22)12-14/h3-13H,1-2H3,(H,23,25)(H,24,26). The van der Waals surface area contributed by atoms with Gasteiger partial charge in [0.05, 0.1) is 0 Å². The number of halogens is 1. The number of hydrogen-bond acceptors (Lipinski definition) is 3. The minimum absolute atomic E-state index is 0.0593. The van der Waals surface area contributed by atoms with Crippen molar-refractivity contribution in [3.63, 3.8) is 0 Å². The number of rotatable bonds is 5. The Morgan fingerprint density at radius 2 is 1.59 bits per heavy atom. The van der Waals surface area contributed by atoms with Crippen LogP contribution in [0.4, 0.5) is 11.4 Å². The minimum atomic E-state index is -0.359. The second kappa shape index (κ2) is 8.10. The second-order valence-corrected chi connectivity index (χ2v) is 6.79. The normalized spacial score (nSPS) is 10.7. The van der Waals surface area contributed by atoms with Crippen molar-refractivity contribution in [3.05, 3.63) is 71.4 Å². The molecule has 2 aromatic carbocycles. The summed E-state index contributed by atoms with van der Waals surface area (Å²) in [7, 11) is 0. The first kappa shape index (κ1) is 18.7. The van der Waals surface area contributed by atoms with Crippen LogP contribution in [0.1, 0.15) is 24.4 Å². The first-order valence-corrected chi connectivity index (χ1v) is 8.88. The Labute approximate surface area is 162 Å². The van der Waals surface area contributed by atoms with Crippen molar-refractivity contribution in [1.82, 2.24) is 0 Å². The van der Waals surface area contributed by atoms with E-state index < -0.39 is 0 Å². The SMILES string of the molecule is CC(C)C(=O)Nc1ccc(NC(=O)c2ccc(-c3cccc(Cl)c3)o2)cc1. The molecule has 0 aliphatic carbocycles. The van der Waals surface area contributed by atoms with Gasteiger partial charge >= 0.3 is 0 Å². The van der Waals surface area contributed by atoms with E-state index in [0.29, 0.717) is 22.2 Å². The van der Waals surface area contributed by atoms with Gasteiger partial charge in [0.25, 0.3) is 5.91 Å². The van der Waals surface area contributed by atoms with E-state index in [9.17, 15) is 9.59 Å². The van der Waals surface area contributed by atoms with E-state index in [-0.39, 0.29) is 23.5 Å². The first-order valence-electron chi connectivity index (χ1n) is 8.50. The maximum Gasteiger partial charge on any atom is 0.291 e. The Morgan fingerprint density at radius 3 is 2.22 bits per heavy atom. The molecule has 0 fully saturated rings. The molecule has 1 aromatic heterocycles. The number of benzene rings is 2. The van der Waals surface area contributed by atoms with Gasteiger partial charge in [0.15, 0.2) is 5.76 Å². The van der Waals surface area contributed by atoms with E-state index in [1.54, 1.807) is 48.5 Å². The van der Waals surface area contributed by atoms with Crippen LogP contribution in [0.5, 0.6) is 0 Å². The molecule has 27 heavy (non-hydrogen) atoms. The molecule has 1 heterocycles. The number of amides is 2. The quantitative estimate of drug-likeness (QED) is 0.616. The van der Waals surface area contributed by atoms with E-state index in [0.717, 1.165) is 5.56 Å². The summed E-state index contributed by atoms with van der Waals surface area (Å²) in [5.74, 6) is 0.242. The molecule has 0 saturated carbocycles. The minimum Gasteiger partial charge on any atom is -0.451 e. The number of hydrogen-bond donors (Lipinski definition) is 2. The smallest absolute Gasteiger partial charge is 0.291 e. The monoisotopic (exact) mass is 382 g/mol. The summed E-state index contributed by atoms with van der Waals surface area (Å²) < 4.78 is 5.63. The Balaban J connectivity index is 1.66. The molecule has 0 aliphatic heterocycles. The van der Waals surface area contributed by atoms with Gasteiger partial charge in [-0.1, -0.05) is 37.6 Å². The second-order valence-electron chi connectivity index (χ2n) is 6.35. The number of carbonyl (C=O) groups excluding carboxylic acids is 2. The molecule has 138 valence electrons. The third-order valence-electron chi connectivity index (χ3n) is 3.87. The third-order valence-corrected chi connectivity index (χ3v) is 4.11. The summed E-state index contributed by atoms with van der Waals surface area (Å²) in [5.41, 5.74) is 2.07. The van der Waals surface area contributed by atoms with E-state index in [1.807, 2.05) is 26.0 Å². The van der Waals surface area contributed by atoms with Gasteiger partial charge in [0.1, 0.15) is 5.76 Å². The predicted octanol–water partition coefficient (Wildman–Crippen LogP) is 5.45. The van der Waals surface area contributed by atoms with Crippen LogP contribution in [0.3, 0.4) is 0 Å². The van der Waals surface area contributed by atoms with E-state index in [2.05, 4.69) is 10.6 Å². The number of nitrogens with one attached hydrogen (secondary N) is 2. The lowest BCUT2D eigenvalue weighted by Crippen LogP contribution is -2.17. The van der Waals surface area contributed by atoms with Gasteiger partial charge in [-0.25, -0.2) is 0 Å². The molecule has 0 spiro atoms. The first-order chi connectivity index (χ1) is 12.9. The average Bonchev–Trinajstić information content (AvgIpc) is 3.13. The lowest BCUT2D eigenvalue weighted by atomic mass is 10.2. The fourth-order valence-corrected chi connectivity index (χ4v) is 2.56. The zero-order chi connectivity index (χ0) is 19.4. The zero-order valence-electron chi connectivity index (χ0n) is 15.0. The van der Waals surface area contributed by atoms with Gasteiger partial charge in [-0.05, 0) is 48.5 Å². The van der Waals surface area contributed by atoms with Crippen LogP contribution in [-0.4, -0.2) is 11.8 Å². The molecule has 6 heteroatoms. The van der Waals surface area contributed by atoms with Crippen molar-refractivity contribution in [2.45, 2.75) is 13.8 Å². The Kier molecular flexibility index (Phi) is 5.62. The van der Waals surface area contributed by atoms with Crippen LogP contribution >= 0.6 is 11.6 Å². The summed E-state index contributed by atoms with van der Waals surface area (Å²) >= 11 is 5.99. The molecule has 0 aliphatic rings. The summed E-state index contributed by atoms with van der Waals surface area (Å²) in [5, 5.41) is 6.16. The molecule has 3 rings (SSSR count). The third kappa shape index (κ3) is 4.77. The Bertz CT molecular complexity index is 962.